The third-order valence-corrected chi connectivity index (χ3v) is 1.24. The second-order valence-corrected chi connectivity index (χ2v) is 2.16. The van der Waals surface area contributed by atoms with Crippen LogP contribution in [0, 0.1) is 0 Å². The van der Waals surface area contributed by atoms with Crippen molar-refractivity contribution in [2.24, 2.45) is 5.73 Å². The van der Waals surface area contributed by atoms with Crippen LogP contribution >= 0.6 is 0 Å². The molecule has 3 N–H and O–H groups in total. The SMILES string of the molecule is NC(O)CCn1ccnc1. The molecule has 1 unspecified atom stereocenters. The van der Waals surface area contributed by atoms with Crippen molar-refractivity contribution < 1.29 is 5.11 Å². The number of aliphatic hydroxyl groups excluding tert-OH is 1. The molecule has 0 saturated carbocycles. The molecule has 1 heterocycles. The van der Waals surface area contributed by atoms with Gasteiger partial charge >= 0.3 is 0 Å². The van der Waals surface area contributed by atoms with Crippen molar-refractivity contribution in [2.75, 3.05) is 0 Å². The first-order valence-corrected chi connectivity index (χ1v) is 3.18. The number of rotatable bonds is 3. The summed E-state index contributed by atoms with van der Waals surface area (Å²) in [7, 11) is 0. The fourth-order valence-corrected chi connectivity index (χ4v) is 0.700. The molecule has 0 aliphatic rings. The highest BCUT2D eigenvalue weighted by Gasteiger charge is 1.94. The standard InChI is InChI=1S/C6H11N3O/c7-6(10)1-3-9-4-2-8-5-9/h2,4-6,10H,1,3,7H2. The van der Waals surface area contributed by atoms with Crippen LogP contribution in [0.25, 0.3) is 0 Å². The molecule has 0 aliphatic carbocycles. The van der Waals surface area contributed by atoms with Gasteiger partial charge in [0.2, 0.25) is 0 Å². The highest BCUT2D eigenvalue weighted by molar-refractivity contribution is 4.73. The topological polar surface area (TPSA) is 64.1 Å². The maximum Gasteiger partial charge on any atom is 0.104 e. The van der Waals surface area contributed by atoms with Crippen molar-refractivity contribution in [3.63, 3.8) is 0 Å². The molecule has 56 valence electrons. The van der Waals surface area contributed by atoms with Gasteiger partial charge in [-0.3, -0.25) is 0 Å². The van der Waals surface area contributed by atoms with E-state index in [0.29, 0.717) is 6.42 Å². The predicted octanol–water partition coefficient (Wildman–Crippen LogP) is -0.450. The smallest absolute Gasteiger partial charge is 0.104 e. The molecule has 4 nitrogen and oxygen atoms in total. The van der Waals surface area contributed by atoms with Gasteiger partial charge in [-0.05, 0) is 0 Å². The van der Waals surface area contributed by atoms with Gasteiger partial charge in [0.1, 0.15) is 6.23 Å². The minimum atomic E-state index is -0.720. The Hall–Kier alpha value is -0.870. The summed E-state index contributed by atoms with van der Waals surface area (Å²) in [6.07, 6.45) is 5.08. The first-order valence-electron chi connectivity index (χ1n) is 3.18. The van der Waals surface area contributed by atoms with E-state index in [1.807, 2.05) is 10.8 Å². The molecule has 10 heavy (non-hydrogen) atoms. The van der Waals surface area contributed by atoms with Gasteiger partial charge in [-0.15, -0.1) is 0 Å². The third-order valence-electron chi connectivity index (χ3n) is 1.24. The number of hydrogen-bond acceptors (Lipinski definition) is 3. The zero-order valence-electron chi connectivity index (χ0n) is 5.64. The van der Waals surface area contributed by atoms with Crippen molar-refractivity contribution >= 4 is 0 Å². The van der Waals surface area contributed by atoms with Gasteiger partial charge < -0.3 is 15.4 Å². The lowest BCUT2D eigenvalue weighted by molar-refractivity contribution is 0.166. The summed E-state index contributed by atoms with van der Waals surface area (Å²) in [5, 5.41) is 8.70. The van der Waals surface area contributed by atoms with Gasteiger partial charge in [0.15, 0.2) is 0 Å². The minimum absolute atomic E-state index is 0.566. The molecule has 1 aromatic heterocycles. The van der Waals surface area contributed by atoms with E-state index in [2.05, 4.69) is 4.98 Å². The Kier molecular flexibility index (Phi) is 2.42. The highest BCUT2D eigenvalue weighted by Crippen LogP contribution is 1.90. The minimum Gasteiger partial charge on any atom is -0.379 e. The molecular formula is C6H11N3O. The summed E-state index contributed by atoms with van der Waals surface area (Å²) >= 11 is 0. The fraction of sp³-hybridized carbons (Fsp3) is 0.500. The van der Waals surface area contributed by atoms with Crippen LogP contribution in [0.1, 0.15) is 6.42 Å². The van der Waals surface area contributed by atoms with E-state index in [1.54, 1.807) is 12.5 Å². The molecule has 0 bridgehead atoms. The van der Waals surface area contributed by atoms with Crippen molar-refractivity contribution in [3.05, 3.63) is 18.7 Å². The Labute approximate surface area is 59.3 Å². The molecule has 0 radical (unpaired) electrons. The predicted molar refractivity (Wildman–Crippen MR) is 37.0 cm³/mol. The summed E-state index contributed by atoms with van der Waals surface area (Å²) in [4.78, 5) is 3.84. The van der Waals surface area contributed by atoms with E-state index in [-0.39, 0.29) is 0 Å². The van der Waals surface area contributed by atoms with Gasteiger partial charge in [-0.2, -0.15) is 0 Å². The van der Waals surface area contributed by atoms with E-state index >= 15 is 0 Å². The first kappa shape index (κ1) is 7.24. The first-order chi connectivity index (χ1) is 4.79. The average Bonchev–Trinajstić information content (AvgIpc) is 2.34. The molecule has 0 fully saturated rings. The molecule has 0 aliphatic heterocycles. The third kappa shape index (κ3) is 2.16. The van der Waals surface area contributed by atoms with E-state index in [0.717, 1.165) is 6.54 Å². The zero-order chi connectivity index (χ0) is 7.40. The Morgan fingerprint density at radius 1 is 1.70 bits per heavy atom. The quantitative estimate of drug-likeness (QED) is 0.560. The van der Waals surface area contributed by atoms with Crippen LogP contribution in [0.3, 0.4) is 0 Å². The van der Waals surface area contributed by atoms with Gasteiger partial charge in [0, 0.05) is 25.4 Å². The molecule has 0 spiro atoms. The molecule has 0 aromatic carbocycles. The number of imidazole rings is 1. The molecule has 1 rings (SSSR count). The van der Waals surface area contributed by atoms with E-state index in [1.165, 1.54) is 0 Å². The number of nitrogens with two attached hydrogens (primary N) is 1. The Balaban J connectivity index is 2.28. The van der Waals surface area contributed by atoms with Gasteiger partial charge in [-0.25, -0.2) is 4.98 Å². The van der Waals surface area contributed by atoms with E-state index < -0.39 is 6.23 Å². The second kappa shape index (κ2) is 3.34. The van der Waals surface area contributed by atoms with E-state index in [4.69, 9.17) is 10.8 Å². The molecule has 0 amide bonds. The number of nitrogens with zero attached hydrogens (tertiary/aromatic N) is 2. The van der Waals surface area contributed by atoms with Crippen LogP contribution in [-0.2, 0) is 6.54 Å². The number of aryl methyl sites for hydroxylation is 1. The van der Waals surface area contributed by atoms with Crippen molar-refractivity contribution in [3.8, 4) is 0 Å². The fourth-order valence-electron chi connectivity index (χ4n) is 0.700. The Bertz CT molecular complexity index is 171. The average molecular weight is 141 g/mol. The lowest BCUT2D eigenvalue weighted by atomic mass is 10.4. The van der Waals surface area contributed by atoms with Gasteiger partial charge in [0.05, 0.1) is 6.33 Å². The Morgan fingerprint density at radius 2 is 2.50 bits per heavy atom. The summed E-state index contributed by atoms with van der Waals surface area (Å²) in [5.41, 5.74) is 5.13. The number of hydrogen-bond donors (Lipinski definition) is 2. The lowest BCUT2D eigenvalue weighted by Gasteiger charge is -2.03. The molecule has 1 aromatic rings. The molecule has 0 saturated heterocycles. The maximum atomic E-state index is 8.70. The van der Waals surface area contributed by atoms with Crippen molar-refractivity contribution in [1.82, 2.24) is 9.55 Å². The van der Waals surface area contributed by atoms with Crippen LogP contribution in [0.5, 0.6) is 0 Å². The van der Waals surface area contributed by atoms with E-state index in [9.17, 15) is 0 Å². The van der Waals surface area contributed by atoms with Crippen LogP contribution in [-0.4, -0.2) is 20.9 Å². The maximum absolute atomic E-state index is 8.70. The summed E-state index contributed by atoms with van der Waals surface area (Å²) in [6.45, 7) is 0.720. The van der Waals surface area contributed by atoms with Gasteiger partial charge in [-0.1, -0.05) is 0 Å². The van der Waals surface area contributed by atoms with Crippen molar-refractivity contribution in [2.45, 2.75) is 19.2 Å². The Morgan fingerprint density at radius 3 is 3.00 bits per heavy atom. The lowest BCUT2D eigenvalue weighted by Crippen LogP contribution is -2.20. The molecular weight excluding hydrogens is 130 g/mol. The summed E-state index contributed by atoms with van der Waals surface area (Å²) in [5.74, 6) is 0. The summed E-state index contributed by atoms with van der Waals surface area (Å²) in [6, 6.07) is 0. The van der Waals surface area contributed by atoms with Crippen molar-refractivity contribution in [1.29, 1.82) is 0 Å². The monoisotopic (exact) mass is 141 g/mol. The van der Waals surface area contributed by atoms with Crippen LogP contribution in [0.15, 0.2) is 18.7 Å². The largest absolute Gasteiger partial charge is 0.379 e. The molecule has 1 atom stereocenters. The zero-order valence-corrected chi connectivity index (χ0v) is 5.64. The van der Waals surface area contributed by atoms with Crippen LogP contribution in [0.2, 0.25) is 0 Å². The number of aromatic nitrogens is 2. The summed E-state index contributed by atoms with van der Waals surface area (Å²) < 4.78 is 1.87. The van der Waals surface area contributed by atoms with Gasteiger partial charge in [0.25, 0.3) is 0 Å². The second-order valence-electron chi connectivity index (χ2n) is 2.16. The highest BCUT2D eigenvalue weighted by atomic mass is 16.3. The normalized spacial score (nSPS) is 13.4. The van der Waals surface area contributed by atoms with Crippen LogP contribution in [0.4, 0.5) is 0 Å². The molecule has 4 heteroatoms. The van der Waals surface area contributed by atoms with Crippen LogP contribution < -0.4 is 5.73 Å². The number of aliphatic hydroxyl groups is 1.